The molecule has 0 aliphatic heterocycles. The van der Waals surface area contributed by atoms with E-state index in [4.69, 9.17) is 15.7 Å². The number of hydrogen-bond acceptors (Lipinski definition) is 4. The van der Waals surface area contributed by atoms with Crippen molar-refractivity contribution in [2.45, 2.75) is 6.92 Å². The SMILES string of the molecule is CCOc1cccc(-n2cccc2/C(N)=N/O)n1. The molecule has 0 fully saturated rings. The molecule has 0 aliphatic rings. The van der Waals surface area contributed by atoms with Gasteiger partial charge in [0.2, 0.25) is 5.88 Å². The van der Waals surface area contributed by atoms with Crippen molar-refractivity contribution in [2.75, 3.05) is 6.61 Å². The van der Waals surface area contributed by atoms with Gasteiger partial charge in [-0.05, 0) is 25.1 Å². The van der Waals surface area contributed by atoms with Crippen LogP contribution in [0.3, 0.4) is 0 Å². The minimum atomic E-state index is 0.0311. The molecular formula is C12H14N4O2. The smallest absolute Gasteiger partial charge is 0.215 e. The van der Waals surface area contributed by atoms with Crippen molar-refractivity contribution < 1.29 is 9.94 Å². The number of rotatable bonds is 4. The molecule has 0 aromatic carbocycles. The number of nitrogens with zero attached hydrogens (tertiary/aromatic N) is 3. The van der Waals surface area contributed by atoms with Crippen LogP contribution in [0.4, 0.5) is 0 Å². The van der Waals surface area contributed by atoms with Crippen molar-refractivity contribution in [1.82, 2.24) is 9.55 Å². The Hall–Kier alpha value is -2.50. The summed E-state index contributed by atoms with van der Waals surface area (Å²) < 4.78 is 7.06. The molecule has 0 aliphatic carbocycles. The molecular weight excluding hydrogens is 232 g/mol. The van der Waals surface area contributed by atoms with Gasteiger partial charge in [0.25, 0.3) is 0 Å². The lowest BCUT2D eigenvalue weighted by atomic mass is 10.4. The monoisotopic (exact) mass is 246 g/mol. The molecule has 6 nitrogen and oxygen atoms in total. The van der Waals surface area contributed by atoms with E-state index in [1.807, 2.05) is 19.1 Å². The third-order valence-corrected chi connectivity index (χ3v) is 2.37. The van der Waals surface area contributed by atoms with Crippen LogP contribution in [0, 0.1) is 0 Å². The maximum atomic E-state index is 8.72. The quantitative estimate of drug-likeness (QED) is 0.369. The lowest BCUT2D eigenvalue weighted by Crippen LogP contribution is -2.17. The molecule has 0 bridgehead atoms. The van der Waals surface area contributed by atoms with Crippen LogP contribution in [-0.2, 0) is 0 Å². The fourth-order valence-electron chi connectivity index (χ4n) is 1.61. The normalized spacial score (nSPS) is 11.5. The van der Waals surface area contributed by atoms with E-state index >= 15 is 0 Å². The van der Waals surface area contributed by atoms with E-state index in [-0.39, 0.29) is 5.84 Å². The maximum Gasteiger partial charge on any atom is 0.215 e. The Balaban J connectivity index is 2.43. The number of amidine groups is 1. The zero-order valence-electron chi connectivity index (χ0n) is 9.95. The molecule has 0 saturated heterocycles. The van der Waals surface area contributed by atoms with Crippen molar-refractivity contribution in [3.63, 3.8) is 0 Å². The molecule has 6 heteroatoms. The minimum Gasteiger partial charge on any atom is -0.478 e. The Morgan fingerprint density at radius 3 is 3.00 bits per heavy atom. The molecule has 0 spiro atoms. The van der Waals surface area contributed by atoms with E-state index < -0.39 is 0 Å². The fourth-order valence-corrected chi connectivity index (χ4v) is 1.61. The van der Waals surface area contributed by atoms with Gasteiger partial charge in [-0.2, -0.15) is 4.98 Å². The van der Waals surface area contributed by atoms with Crippen molar-refractivity contribution >= 4 is 5.84 Å². The highest BCUT2D eigenvalue weighted by molar-refractivity contribution is 5.96. The Morgan fingerprint density at radius 1 is 1.44 bits per heavy atom. The van der Waals surface area contributed by atoms with Gasteiger partial charge in [-0.15, -0.1) is 0 Å². The van der Waals surface area contributed by atoms with Crippen LogP contribution in [-0.4, -0.2) is 27.2 Å². The highest BCUT2D eigenvalue weighted by Gasteiger charge is 2.09. The molecule has 2 aromatic heterocycles. The maximum absolute atomic E-state index is 8.72. The van der Waals surface area contributed by atoms with Crippen LogP contribution in [0.5, 0.6) is 5.88 Å². The highest BCUT2D eigenvalue weighted by atomic mass is 16.5. The lowest BCUT2D eigenvalue weighted by Gasteiger charge is -2.09. The average Bonchev–Trinajstić information content (AvgIpc) is 2.88. The van der Waals surface area contributed by atoms with Crippen LogP contribution >= 0.6 is 0 Å². The molecule has 0 atom stereocenters. The number of pyridine rings is 1. The summed E-state index contributed by atoms with van der Waals surface area (Å²) in [5.74, 6) is 1.21. The first kappa shape index (κ1) is 12.0. The van der Waals surface area contributed by atoms with Crippen molar-refractivity contribution in [3.8, 4) is 11.7 Å². The number of ether oxygens (including phenoxy) is 1. The van der Waals surface area contributed by atoms with Gasteiger partial charge < -0.3 is 15.7 Å². The number of nitrogens with two attached hydrogens (primary N) is 1. The summed E-state index contributed by atoms with van der Waals surface area (Å²) in [5.41, 5.74) is 6.16. The molecule has 3 N–H and O–H groups in total. The summed E-state index contributed by atoms with van der Waals surface area (Å²) in [7, 11) is 0. The van der Waals surface area contributed by atoms with Crippen molar-refractivity contribution in [1.29, 1.82) is 0 Å². The second kappa shape index (κ2) is 5.22. The van der Waals surface area contributed by atoms with Crippen LogP contribution < -0.4 is 10.5 Å². The Labute approximate surface area is 104 Å². The van der Waals surface area contributed by atoms with E-state index in [1.54, 1.807) is 29.0 Å². The molecule has 0 saturated carbocycles. The van der Waals surface area contributed by atoms with E-state index in [0.717, 1.165) is 0 Å². The molecule has 2 rings (SSSR count). The van der Waals surface area contributed by atoms with Crippen LogP contribution in [0.1, 0.15) is 12.6 Å². The molecule has 0 radical (unpaired) electrons. The van der Waals surface area contributed by atoms with Crippen LogP contribution in [0.25, 0.3) is 5.82 Å². The second-order valence-electron chi connectivity index (χ2n) is 3.52. The van der Waals surface area contributed by atoms with Crippen molar-refractivity contribution in [2.24, 2.45) is 10.9 Å². The molecule has 2 aromatic rings. The number of aromatic nitrogens is 2. The predicted molar refractivity (Wildman–Crippen MR) is 67.2 cm³/mol. The van der Waals surface area contributed by atoms with Gasteiger partial charge in [0.1, 0.15) is 5.82 Å². The zero-order valence-corrected chi connectivity index (χ0v) is 9.95. The standard InChI is InChI=1S/C12H14N4O2/c1-2-18-11-7-3-6-10(14-11)16-8-4-5-9(16)12(13)15-17/h3-8,17H,2H2,1H3,(H2,13,15). The summed E-state index contributed by atoms with van der Waals surface area (Å²) >= 11 is 0. The first-order valence-electron chi connectivity index (χ1n) is 5.51. The molecule has 94 valence electrons. The molecule has 18 heavy (non-hydrogen) atoms. The van der Waals surface area contributed by atoms with Gasteiger partial charge in [-0.1, -0.05) is 11.2 Å². The van der Waals surface area contributed by atoms with E-state index in [9.17, 15) is 0 Å². The van der Waals surface area contributed by atoms with Crippen LogP contribution in [0.2, 0.25) is 0 Å². The summed E-state index contributed by atoms with van der Waals surface area (Å²) in [6.07, 6.45) is 1.78. The van der Waals surface area contributed by atoms with Gasteiger partial charge in [-0.3, -0.25) is 4.57 Å². The first-order chi connectivity index (χ1) is 8.76. The topological polar surface area (TPSA) is 85.7 Å². The van der Waals surface area contributed by atoms with Crippen LogP contribution in [0.15, 0.2) is 41.7 Å². The Morgan fingerprint density at radius 2 is 2.28 bits per heavy atom. The third-order valence-electron chi connectivity index (χ3n) is 2.37. The van der Waals surface area contributed by atoms with E-state index in [2.05, 4.69) is 10.1 Å². The highest BCUT2D eigenvalue weighted by Crippen LogP contribution is 2.14. The zero-order chi connectivity index (χ0) is 13.0. The molecule has 0 unspecified atom stereocenters. The third kappa shape index (κ3) is 2.27. The predicted octanol–water partition coefficient (Wildman–Crippen LogP) is 1.37. The summed E-state index contributed by atoms with van der Waals surface area (Å²) in [5, 5.41) is 11.7. The van der Waals surface area contributed by atoms with Gasteiger partial charge in [0.15, 0.2) is 5.84 Å². The second-order valence-corrected chi connectivity index (χ2v) is 3.52. The van der Waals surface area contributed by atoms with Gasteiger partial charge in [0.05, 0.1) is 12.3 Å². The fraction of sp³-hybridized carbons (Fsp3) is 0.167. The van der Waals surface area contributed by atoms with Gasteiger partial charge >= 0.3 is 0 Å². The summed E-state index contributed by atoms with van der Waals surface area (Å²) in [6, 6.07) is 8.96. The number of hydrogen-bond donors (Lipinski definition) is 2. The number of oxime groups is 1. The lowest BCUT2D eigenvalue weighted by molar-refractivity contribution is 0.318. The molecule has 2 heterocycles. The summed E-state index contributed by atoms with van der Waals surface area (Å²) in [4.78, 5) is 4.33. The van der Waals surface area contributed by atoms with Gasteiger partial charge in [-0.25, -0.2) is 0 Å². The van der Waals surface area contributed by atoms with Crippen molar-refractivity contribution in [3.05, 3.63) is 42.2 Å². The van der Waals surface area contributed by atoms with E-state index in [0.29, 0.717) is 24.0 Å². The van der Waals surface area contributed by atoms with E-state index in [1.165, 1.54) is 0 Å². The minimum absolute atomic E-state index is 0.0311. The average molecular weight is 246 g/mol. The van der Waals surface area contributed by atoms with Gasteiger partial charge in [0, 0.05) is 12.3 Å². The molecule has 0 amide bonds. The summed E-state index contributed by atoms with van der Waals surface area (Å²) in [6.45, 7) is 2.45. The Bertz CT molecular complexity index is 563. The Kier molecular flexibility index (Phi) is 3.47. The first-order valence-corrected chi connectivity index (χ1v) is 5.51. The largest absolute Gasteiger partial charge is 0.478 e.